The van der Waals surface area contributed by atoms with Gasteiger partial charge in [-0.1, -0.05) is 18.2 Å². The predicted octanol–water partition coefficient (Wildman–Crippen LogP) is 2.76. The van der Waals surface area contributed by atoms with E-state index in [0.717, 1.165) is 5.56 Å². The molecule has 2 aromatic carbocycles. The Kier molecular flexibility index (Phi) is 5.03. The number of nitrogens with one attached hydrogen (secondary N) is 1. The molecule has 0 aliphatic heterocycles. The van der Waals surface area contributed by atoms with Crippen molar-refractivity contribution in [1.82, 2.24) is 5.43 Å². The third-order valence-electron chi connectivity index (χ3n) is 3.13. The molecular weight excluding hydrogens is 298 g/mol. The lowest BCUT2D eigenvalue weighted by atomic mass is 10.1. The van der Waals surface area contributed by atoms with Gasteiger partial charge in [0.05, 0.1) is 17.7 Å². The smallest absolute Gasteiger partial charge is 0.271 e. The van der Waals surface area contributed by atoms with Crippen LogP contribution in [-0.4, -0.2) is 23.7 Å². The zero-order chi connectivity index (χ0) is 16.8. The number of nitro groups is 1. The number of benzene rings is 2. The highest BCUT2D eigenvalue weighted by molar-refractivity contribution is 6.01. The Morgan fingerprint density at radius 3 is 2.57 bits per heavy atom. The number of hydrogen-bond acceptors (Lipinski definition) is 5. The van der Waals surface area contributed by atoms with Crippen molar-refractivity contribution in [2.75, 3.05) is 7.11 Å². The van der Waals surface area contributed by atoms with E-state index in [-0.39, 0.29) is 11.3 Å². The average Bonchev–Trinajstić information content (AvgIpc) is 2.59. The van der Waals surface area contributed by atoms with Crippen LogP contribution in [0.25, 0.3) is 0 Å². The van der Waals surface area contributed by atoms with E-state index in [2.05, 4.69) is 10.5 Å². The maximum atomic E-state index is 12.0. The second-order valence-electron chi connectivity index (χ2n) is 4.68. The molecule has 7 heteroatoms. The van der Waals surface area contributed by atoms with E-state index in [0.29, 0.717) is 11.5 Å². The van der Waals surface area contributed by atoms with Crippen LogP contribution in [0.3, 0.4) is 0 Å². The highest BCUT2D eigenvalue weighted by atomic mass is 16.6. The summed E-state index contributed by atoms with van der Waals surface area (Å²) in [5.41, 5.74) is 3.79. The molecule has 0 bridgehead atoms. The van der Waals surface area contributed by atoms with E-state index in [1.165, 1.54) is 24.3 Å². The van der Waals surface area contributed by atoms with Crippen LogP contribution in [0.15, 0.2) is 53.6 Å². The first kappa shape index (κ1) is 16.2. The van der Waals surface area contributed by atoms with Crippen LogP contribution in [0.2, 0.25) is 0 Å². The molecule has 0 saturated heterocycles. The van der Waals surface area contributed by atoms with Gasteiger partial charge in [-0.3, -0.25) is 14.9 Å². The molecule has 0 aliphatic rings. The number of methoxy groups -OCH3 is 1. The molecule has 7 nitrogen and oxygen atoms in total. The van der Waals surface area contributed by atoms with Gasteiger partial charge in [-0.25, -0.2) is 5.43 Å². The number of ether oxygens (including phenoxy) is 1. The minimum Gasteiger partial charge on any atom is -0.497 e. The molecule has 0 unspecified atom stereocenters. The van der Waals surface area contributed by atoms with Crippen LogP contribution in [0.1, 0.15) is 22.8 Å². The summed E-state index contributed by atoms with van der Waals surface area (Å²) >= 11 is 0. The Labute approximate surface area is 132 Å². The molecule has 0 atom stereocenters. The molecule has 2 rings (SSSR count). The second kappa shape index (κ2) is 7.17. The van der Waals surface area contributed by atoms with Crippen molar-refractivity contribution in [2.45, 2.75) is 6.92 Å². The molecule has 0 heterocycles. The van der Waals surface area contributed by atoms with Crippen LogP contribution < -0.4 is 10.2 Å². The SMILES string of the molecule is COc1cccc(/C(C)=N\NC(=O)c2cccc([N+](=O)[O-])c2)c1. The first-order chi connectivity index (χ1) is 11.0. The van der Waals surface area contributed by atoms with Crippen LogP contribution in [-0.2, 0) is 0 Å². The Bertz CT molecular complexity index is 771. The molecule has 0 saturated carbocycles. The number of rotatable bonds is 5. The fourth-order valence-electron chi connectivity index (χ4n) is 1.87. The van der Waals surface area contributed by atoms with Crippen molar-refractivity contribution < 1.29 is 14.5 Å². The van der Waals surface area contributed by atoms with Crippen molar-refractivity contribution in [3.05, 3.63) is 69.8 Å². The topological polar surface area (TPSA) is 93.8 Å². The fraction of sp³-hybridized carbons (Fsp3) is 0.125. The zero-order valence-electron chi connectivity index (χ0n) is 12.6. The third-order valence-corrected chi connectivity index (χ3v) is 3.13. The largest absolute Gasteiger partial charge is 0.497 e. The molecule has 0 radical (unpaired) electrons. The van der Waals surface area contributed by atoms with Crippen LogP contribution >= 0.6 is 0 Å². The van der Waals surface area contributed by atoms with Crippen molar-refractivity contribution in [3.8, 4) is 5.75 Å². The Hall–Kier alpha value is -3.22. The number of hydrazone groups is 1. The molecule has 0 spiro atoms. The summed E-state index contributed by atoms with van der Waals surface area (Å²) in [7, 11) is 1.57. The van der Waals surface area contributed by atoms with Crippen LogP contribution in [0.4, 0.5) is 5.69 Å². The van der Waals surface area contributed by atoms with E-state index in [4.69, 9.17) is 4.74 Å². The van der Waals surface area contributed by atoms with Gasteiger partial charge in [-0.2, -0.15) is 5.10 Å². The van der Waals surface area contributed by atoms with Crippen LogP contribution in [0, 0.1) is 10.1 Å². The predicted molar refractivity (Wildman–Crippen MR) is 85.8 cm³/mol. The van der Waals surface area contributed by atoms with Gasteiger partial charge < -0.3 is 4.74 Å². The van der Waals surface area contributed by atoms with E-state index in [9.17, 15) is 14.9 Å². The van der Waals surface area contributed by atoms with E-state index >= 15 is 0 Å². The van der Waals surface area contributed by atoms with Gasteiger partial charge in [0.25, 0.3) is 11.6 Å². The summed E-state index contributed by atoms with van der Waals surface area (Å²) in [6.07, 6.45) is 0. The number of nitro benzene ring substituents is 1. The Morgan fingerprint density at radius 1 is 1.17 bits per heavy atom. The molecular formula is C16H15N3O4. The van der Waals surface area contributed by atoms with Gasteiger partial charge in [-0.15, -0.1) is 0 Å². The minimum absolute atomic E-state index is 0.147. The Morgan fingerprint density at radius 2 is 1.87 bits per heavy atom. The van der Waals surface area contributed by atoms with Gasteiger partial charge in [0, 0.05) is 23.3 Å². The van der Waals surface area contributed by atoms with Crippen molar-refractivity contribution in [3.63, 3.8) is 0 Å². The molecule has 0 aromatic heterocycles. The van der Waals surface area contributed by atoms with Crippen molar-refractivity contribution in [1.29, 1.82) is 0 Å². The first-order valence-corrected chi connectivity index (χ1v) is 6.75. The van der Waals surface area contributed by atoms with Crippen molar-refractivity contribution in [2.24, 2.45) is 5.10 Å². The van der Waals surface area contributed by atoms with Crippen LogP contribution in [0.5, 0.6) is 5.75 Å². The van der Waals surface area contributed by atoms with Gasteiger partial charge in [-0.05, 0) is 25.1 Å². The monoisotopic (exact) mass is 313 g/mol. The fourth-order valence-corrected chi connectivity index (χ4v) is 1.87. The summed E-state index contributed by atoms with van der Waals surface area (Å²) in [6.45, 7) is 1.74. The van der Waals surface area contributed by atoms with Gasteiger partial charge in [0.15, 0.2) is 0 Å². The number of non-ortho nitro benzene ring substituents is 1. The number of amides is 1. The molecule has 1 amide bonds. The van der Waals surface area contributed by atoms with Gasteiger partial charge in [0.1, 0.15) is 5.75 Å². The molecule has 2 aromatic rings. The standard InChI is InChI=1S/C16H15N3O4/c1-11(12-5-4-8-15(10-12)23-2)17-18-16(20)13-6-3-7-14(9-13)19(21)22/h3-10H,1-2H3,(H,18,20)/b17-11-. The highest BCUT2D eigenvalue weighted by Gasteiger charge is 2.11. The third kappa shape index (κ3) is 4.13. The van der Waals surface area contributed by atoms with Crippen molar-refractivity contribution >= 4 is 17.3 Å². The van der Waals surface area contributed by atoms with Gasteiger partial charge in [0.2, 0.25) is 0 Å². The molecule has 1 N–H and O–H groups in total. The summed E-state index contributed by atoms with van der Waals surface area (Å²) in [6, 6.07) is 12.7. The minimum atomic E-state index is -0.554. The lowest BCUT2D eigenvalue weighted by Crippen LogP contribution is -2.19. The molecule has 118 valence electrons. The Balaban J connectivity index is 2.13. The average molecular weight is 313 g/mol. The zero-order valence-corrected chi connectivity index (χ0v) is 12.6. The van der Waals surface area contributed by atoms with E-state index < -0.39 is 10.8 Å². The quantitative estimate of drug-likeness (QED) is 0.521. The molecule has 0 aliphatic carbocycles. The lowest BCUT2D eigenvalue weighted by molar-refractivity contribution is -0.384. The normalized spacial score (nSPS) is 11.0. The summed E-state index contributed by atoms with van der Waals surface area (Å²) in [5.74, 6) is 0.165. The molecule has 23 heavy (non-hydrogen) atoms. The first-order valence-electron chi connectivity index (χ1n) is 6.75. The number of carbonyl (C=O) groups excluding carboxylic acids is 1. The summed E-state index contributed by atoms with van der Waals surface area (Å²) in [5, 5.41) is 14.7. The second-order valence-corrected chi connectivity index (χ2v) is 4.68. The number of nitrogens with zero attached hydrogens (tertiary/aromatic N) is 2. The van der Waals surface area contributed by atoms with E-state index in [1.807, 2.05) is 12.1 Å². The lowest BCUT2D eigenvalue weighted by Gasteiger charge is -2.05. The number of hydrogen-bond donors (Lipinski definition) is 1. The maximum Gasteiger partial charge on any atom is 0.271 e. The summed E-state index contributed by atoms with van der Waals surface area (Å²) in [4.78, 5) is 22.2. The van der Waals surface area contributed by atoms with E-state index in [1.54, 1.807) is 26.2 Å². The maximum absolute atomic E-state index is 12.0. The highest BCUT2D eigenvalue weighted by Crippen LogP contribution is 2.14. The molecule has 0 fully saturated rings. The number of carbonyl (C=O) groups is 1. The summed E-state index contributed by atoms with van der Waals surface area (Å²) < 4.78 is 5.13. The van der Waals surface area contributed by atoms with Gasteiger partial charge >= 0.3 is 0 Å².